The Hall–Kier alpha value is -1.12. The molecule has 2 heterocycles. The van der Waals surface area contributed by atoms with Gasteiger partial charge in [-0.05, 0) is 22.0 Å². The Morgan fingerprint density at radius 2 is 2.32 bits per heavy atom. The minimum atomic E-state index is -0.954. The van der Waals surface area contributed by atoms with E-state index in [0.717, 1.165) is 9.35 Å². The molecule has 0 saturated carbocycles. The van der Waals surface area contributed by atoms with Gasteiger partial charge in [-0.1, -0.05) is 0 Å². The van der Waals surface area contributed by atoms with E-state index in [2.05, 4.69) is 26.6 Å². The van der Waals surface area contributed by atoms with Gasteiger partial charge in [0.05, 0.1) is 25.8 Å². The Labute approximate surface area is 122 Å². The molecule has 2 unspecified atom stereocenters. The molecule has 2 rings (SSSR count). The van der Waals surface area contributed by atoms with Crippen LogP contribution in [0.2, 0.25) is 0 Å². The van der Waals surface area contributed by atoms with E-state index in [1.165, 1.54) is 11.3 Å². The summed E-state index contributed by atoms with van der Waals surface area (Å²) in [5, 5.41) is 16.2. The average molecular weight is 349 g/mol. The molecule has 0 bridgehead atoms. The van der Waals surface area contributed by atoms with Crippen LogP contribution < -0.4 is 10.6 Å². The summed E-state index contributed by atoms with van der Waals surface area (Å²) in [6.07, 6.45) is 0. The molecule has 0 radical (unpaired) electrons. The van der Waals surface area contributed by atoms with E-state index >= 15 is 0 Å². The van der Waals surface area contributed by atoms with Gasteiger partial charge in [-0.2, -0.15) is 0 Å². The fourth-order valence-electron chi connectivity index (χ4n) is 1.77. The van der Waals surface area contributed by atoms with Crippen molar-refractivity contribution in [1.82, 2.24) is 10.6 Å². The highest BCUT2D eigenvalue weighted by molar-refractivity contribution is 9.10. The van der Waals surface area contributed by atoms with Gasteiger partial charge in [0.25, 0.3) is 0 Å². The zero-order valence-electron chi connectivity index (χ0n) is 9.89. The molecule has 1 aromatic rings. The molecular formula is C11H13BrN2O4S. The number of urea groups is 1. The quantitative estimate of drug-likeness (QED) is 0.767. The van der Waals surface area contributed by atoms with Crippen molar-refractivity contribution in [3.05, 3.63) is 20.8 Å². The van der Waals surface area contributed by atoms with Gasteiger partial charge >= 0.3 is 12.0 Å². The van der Waals surface area contributed by atoms with Crippen molar-refractivity contribution < 1.29 is 19.4 Å². The first-order valence-corrected chi connectivity index (χ1v) is 7.31. The Kier molecular flexibility index (Phi) is 4.78. The molecule has 8 heteroatoms. The molecule has 1 fully saturated rings. The first-order valence-electron chi connectivity index (χ1n) is 5.64. The van der Waals surface area contributed by atoms with Crippen molar-refractivity contribution in [1.29, 1.82) is 0 Å². The van der Waals surface area contributed by atoms with Crippen LogP contribution in [0.3, 0.4) is 0 Å². The van der Waals surface area contributed by atoms with Crippen molar-refractivity contribution in [2.45, 2.75) is 12.6 Å². The van der Waals surface area contributed by atoms with Crippen LogP contribution in [0.15, 0.2) is 15.9 Å². The number of aliphatic carboxylic acids is 1. The van der Waals surface area contributed by atoms with Gasteiger partial charge in [0.2, 0.25) is 0 Å². The summed E-state index contributed by atoms with van der Waals surface area (Å²) < 4.78 is 6.05. The van der Waals surface area contributed by atoms with Crippen LogP contribution in [-0.2, 0) is 16.1 Å². The summed E-state index contributed by atoms with van der Waals surface area (Å²) in [5.41, 5.74) is 0. The fraction of sp³-hybridized carbons (Fsp3) is 0.455. The number of carbonyl (C=O) groups excluding carboxylic acids is 1. The number of carboxylic acid groups (broad SMARTS) is 1. The largest absolute Gasteiger partial charge is 0.481 e. The van der Waals surface area contributed by atoms with Gasteiger partial charge in [-0.3, -0.25) is 4.79 Å². The van der Waals surface area contributed by atoms with Crippen LogP contribution in [0.4, 0.5) is 4.79 Å². The lowest BCUT2D eigenvalue weighted by atomic mass is 10.0. The number of thiophene rings is 1. The van der Waals surface area contributed by atoms with Crippen LogP contribution in [0.25, 0.3) is 0 Å². The van der Waals surface area contributed by atoms with Gasteiger partial charge in [-0.15, -0.1) is 11.3 Å². The number of halogens is 1. The molecule has 1 saturated heterocycles. The van der Waals surface area contributed by atoms with Crippen LogP contribution in [0.1, 0.15) is 4.88 Å². The van der Waals surface area contributed by atoms with Crippen LogP contribution in [-0.4, -0.2) is 36.4 Å². The number of carbonyl (C=O) groups is 2. The SMILES string of the molecule is O=C(NCc1cc(Br)cs1)NC1COCC1C(=O)O. The lowest BCUT2D eigenvalue weighted by molar-refractivity contribution is -0.142. The highest BCUT2D eigenvalue weighted by Gasteiger charge is 2.34. The molecule has 19 heavy (non-hydrogen) atoms. The molecule has 0 spiro atoms. The van der Waals surface area contributed by atoms with E-state index < -0.39 is 17.9 Å². The third-order valence-corrected chi connectivity index (χ3v) is 4.46. The number of nitrogens with one attached hydrogen (secondary N) is 2. The topological polar surface area (TPSA) is 87.7 Å². The van der Waals surface area contributed by atoms with Crippen molar-refractivity contribution in [2.24, 2.45) is 5.92 Å². The standard InChI is InChI=1S/C11H13BrN2O4S/c12-6-1-7(19-5-6)2-13-11(17)14-9-4-18-3-8(9)10(15)16/h1,5,8-9H,2-4H2,(H,15,16)(H2,13,14,17). The number of amides is 2. The predicted octanol–water partition coefficient (Wildman–Crippen LogP) is 1.41. The second-order valence-corrected chi connectivity index (χ2v) is 6.06. The zero-order chi connectivity index (χ0) is 13.8. The Bertz CT molecular complexity index is 479. The molecule has 0 aromatic carbocycles. The molecule has 6 nitrogen and oxygen atoms in total. The number of ether oxygens (including phenoxy) is 1. The minimum Gasteiger partial charge on any atom is -0.481 e. The smallest absolute Gasteiger partial charge is 0.315 e. The maximum Gasteiger partial charge on any atom is 0.315 e. The van der Waals surface area contributed by atoms with E-state index in [1.54, 1.807) is 0 Å². The maximum atomic E-state index is 11.7. The summed E-state index contributed by atoms with van der Waals surface area (Å²) in [6, 6.07) is 1.06. The van der Waals surface area contributed by atoms with Gasteiger partial charge in [0.1, 0.15) is 5.92 Å². The van der Waals surface area contributed by atoms with Gasteiger partial charge in [-0.25, -0.2) is 4.79 Å². The first kappa shape index (κ1) is 14.3. The molecule has 3 N–H and O–H groups in total. The van der Waals surface area contributed by atoms with Crippen molar-refractivity contribution >= 4 is 39.3 Å². The second kappa shape index (κ2) is 6.36. The van der Waals surface area contributed by atoms with Gasteiger partial charge in [0.15, 0.2) is 0 Å². The summed E-state index contributed by atoms with van der Waals surface area (Å²) in [6.45, 7) is 0.778. The van der Waals surface area contributed by atoms with Crippen molar-refractivity contribution in [2.75, 3.05) is 13.2 Å². The second-order valence-electron chi connectivity index (χ2n) is 4.15. The van der Waals surface area contributed by atoms with E-state index in [1.807, 2.05) is 11.4 Å². The van der Waals surface area contributed by atoms with Gasteiger partial charge in [0, 0.05) is 14.7 Å². The summed E-state index contributed by atoms with van der Waals surface area (Å²) in [7, 11) is 0. The fourth-order valence-corrected chi connectivity index (χ4v) is 3.16. The van der Waals surface area contributed by atoms with Crippen LogP contribution in [0, 0.1) is 5.92 Å². The molecule has 104 valence electrons. The van der Waals surface area contributed by atoms with E-state index in [0.29, 0.717) is 6.54 Å². The molecule has 1 aliphatic rings. The third kappa shape index (κ3) is 3.92. The van der Waals surface area contributed by atoms with Crippen molar-refractivity contribution in [3.63, 3.8) is 0 Å². The molecule has 1 aromatic heterocycles. The summed E-state index contributed by atoms with van der Waals surface area (Å²) >= 11 is 4.87. The maximum absolute atomic E-state index is 11.7. The first-order chi connectivity index (χ1) is 9.06. The van der Waals surface area contributed by atoms with Crippen LogP contribution in [0.5, 0.6) is 0 Å². The predicted molar refractivity (Wildman–Crippen MR) is 73.1 cm³/mol. The highest BCUT2D eigenvalue weighted by Crippen LogP contribution is 2.19. The lowest BCUT2D eigenvalue weighted by Gasteiger charge is -2.15. The third-order valence-electron chi connectivity index (χ3n) is 2.76. The van der Waals surface area contributed by atoms with Crippen molar-refractivity contribution in [3.8, 4) is 0 Å². The zero-order valence-corrected chi connectivity index (χ0v) is 12.3. The molecule has 1 aliphatic heterocycles. The lowest BCUT2D eigenvalue weighted by Crippen LogP contribution is -2.46. The Morgan fingerprint density at radius 1 is 1.53 bits per heavy atom. The Morgan fingerprint density at radius 3 is 2.95 bits per heavy atom. The minimum absolute atomic E-state index is 0.137. The molecule has 2 atom stereocenters. The van der Waals surface area contributed by atoms with Gasteiger partial charge < -0.3 is 20.5 Å². The normalized spacial score (nSPS) is 22.2. The van der Waals surface area contributed by atoms with E-state index in [9.17, 15) is 9.59 Å². The number of rotatable bonds is 4. The number of carboxylic acids is 1. The summed E-state index contributed by atoms with van der Waals surface area (Å²) in [4.78, 5) is 23.6. The monoisotopic (exact) mass is 348 g/mol. The average Bonchev–Trinajstić information content (AvgIpc) is 2.95. The summed E-state index contributed by atoms with van der Waals surface area (Å²) in [5.74, 6) is -1.63. The molecular weight excluding hydrogens is 336 g/mol. The number of hydrogen-bond acceptors (Lipinski definition) is 4. The van der Waals surface area contributed by atoms with E-state index in [4.69, 9.17) is 9.84 Å². The molecule has 0 aliphatic carbocycles. The Balaban J connectivity index is 1.79. The number of hydrogen-bond donors (Lipinski definition) is 3. The molecule has 2 amide bonds. The van der Waals surface area contributed by atoms with Crippen LogP contribution >= 0.6 is 27.3 Å². The highest BCUT2D eigenvalue weighted by atomic mass is 79.9. The van der Waals surface area contributed by atoms with E-state index in [-0.39, 0.29) is 19.2 Å².